The topological polar surface area (TPSA) is 138 Å². The average Bonchev–Trinajstić information content (AvgIpc) is 1.59. The minimum atomic E-state index is -4.61. The molecule has 13 heavy (non-hydrogen) atoms. The number of thiol groups is 1. The maximum absolute atomic E-state index is 9.08. The van der Waals surface area contributed by atoms with Crippen LogP contribution in [0.15, 0.2) is 0 Å². The third-order valence-corrected chi connectivity index (χ3v) is 0.283. The van der Waals surface area contributed by atoms with E-state index >= 15 is 0 Å². The summed E-state index contributed by atoms with van der Waals surface area (Å²) in [5.74, 6) is 0. The summed E-state index contributed by atoms with van der Waals surface area (Å²) in [5, 5.41) is 7.06. The van der Waals surface area contributed by atoms with Crippen molar-refractivity contribution in [1.82, 2.24) is 0 Å². The Kier molecular flexibility index (Phi) is 21.4. The Balaban J connectivity index is -0.0000000546. The van der Waals surface area contributed by atoms with Gasteiger partial charge in [0.15, 0.2) is 0 Å². The van der Waals surface area contributed by atoms with Crippen molar-refractivity contribution in [3.63, 3.8) is 0 Å². The maximum atomic E-state index is 9.08. The molecule has 0 unspecified atom stereocenters. The van der Waals surface area contributed by atoms with Crippen LogP contribution in [0.3, 0.4) is 0 Å². The zero-order chi connectivity index (χ0) is 9.71. The molecule has 74 valence electrons. The van der Waals surface area contributed by atoms with Gasteiger partial charge in [0.25, 0.3) is 0 Å². The van der Waals surface area contributed by atoms with Gasteiger partial charge in [0.05, 0.1) is 0 Å². The third kappa shape index (κ3) is 72.7. The van der Waals surface area contributed by atoms with E-state index in [4.69, 9.17) is 31.2 Å². The van der Waals surface area contributed by atoms with Crippen LogP contribution in [-0.2, 0) is 23.9 Å². The van der Waals surface area contributed by atoms with Crippen LogP contribution in [0.5, 0.6) is 0 Å². The van der Waals surface area contributed by atoms with E-state index in [0.717, 1.165) is 0 Å². The van der Waals surface area contributed by atoms with E-state index in [2.05, 4.69) is 16.0 Å². The minimum absolute atomic E-state index is 0. The van der Waals surface area contributed by atoms with Crippen molar-refractivity contribution in [1.29, 1.82) is 0 Å². The molecule has 0 radical (unpaired) electrons. The Hall–Kier alpha value is 2.73. The summed E-state index contributed by atoms with van der Waals surface area (Å²) in [7, 11) is -8.58. The van der Waals surface area contributed by atoms with Gasteiger partial charge in [-0.1, -0.05) is 4.33 Å². The first-order valence-electron chi connectivity index (χ1n) is 1.56. The van der Waals surface area contributed by atoms with Gasteiger partial charge in [-0.15, -0.1) is 0 Å². The van der Waals surface area contributed by atoms with Crippen molar-refractivity contribution >= 4 is 112 Å². The summed E-state index contributed by atoms with van der Waals surface area (Å²) < 4.78 is 53.4. The van der Waals surface area contributed by atoms with Crippen molar-refractivity contribution in [2.45, 2.75) is 0 Å². The molecule has 0 amide bonds. The van der Waals surface area contributed by atoms with Crippen molar-refractivity contribution in [2.75, 3.05) is 0 Å². The van der Waals surface area contributed by atoms with Gasteiger partial charge in [0.2, 0.25) is 0 Å². The van der Waals surface area contributed by atoms with Gasteiger partial charge < -0.3 is 0 Å². The van der Waals surface area contributed by atoms with Crippen molar-refractivity contribution in [3.05, 3.63) is 0 Å². The van der Waals surface area contributed by atoms with E-state index in [-0.39, 0.29) is 80.9 Å². The molecule has 0 aliphatic heterocycles. The number of hydrogen-bond donors (Lipinski definition) is 4. The Morgan fingerprint density at radius 1 is 1.08 bits per heavy atom. The van der Waals surface area contributed by atoms with Gasteiger partial charge in [0, 0.05) is 0 Å². The van der Waals surface area contributed by atoms with Gasteiger partial charge in [-0.2, -0.15) is 16.8 Å². The number of rotatable bonds is 1. The van der Waals surface area contributed by atoms with Crippen LogP contribution in [0.1, 0.15) is 0 Å². The Labute approximate surface area is 145 Å². The van der Waals surface area contributed by atoms with E-state index < -0.39 is 19.5 Å². The Bertz CT molecular complexity index is 267. The van der Waals surface area contributed by atoms with Crippen LogP contribution in [0.2, 0.25) is 0 Å². The second-order valence-electron chi connectivity index (χ2n) is 0.950. The van der Waals surface area contributed by atoms with Gasteiger partial charge >= 0.3 is 100 Å². The third-order valence-electron chi connectivity index (χ3n) is 0.0942. The zero-order valence-corrected chi connectivity index (χ0v) is 7.17. The predicted octanol–water partition coefficient (Wildman–Crippen LogP) is -2.30. The summed E-state index contributed by atoms with van der Waals surface area (Å²) in [6.45, 7) is 0. The summed E-state index contributed by atoms with van der Waals surface area (Å²) in [5.41, 5.74) is 0. The second kappa shape index (κ2) is 11.2. The Morgan fingerprint density at radius 3 is 1.15 bits per heavy atom. The van der Waals surface area contributed by atoms with Crippen LogP contribution in [0, 0.1) is 0 Å². The number of hydrogen-bond acceptors (Lipinski definition) is 6. The molecule has 0 atom stereocenters. The van der Waals surface area contributed by atoms with Gasteiger partial charge in [-0.3, -0.25) is 9.11 Å². The molecule has 0 bridgehead atoms. The molecule has 0 heterocycles. The van der Waals surface area contributed by atoms with Crippen LogP contribution in [0.4, 0.5) is 0 Å². The van der Waals surface area contributed by atoms with Crippen molar-refractivity contribution in [3.8, 4) is 0 Å². The van der Waals surface area contributed by atoms with Crippen LogP contribution < -0.4 is 0 Å². The molecule has 0 aromatic carbocycles. The second-order valence-corrected chi connectivity index (χ2v) is 4.23. The van der Waals surface area contributed by atoms with Crippen molar-refractivity contribution in [2.24, 2.45) is 0 Å². The van der Waals surface area contributed by atoms with Crippen molar-refractivity contribution < 1.29 is 35.5 Å². The van der Waals surface area contributed by atoms with Gasteiger partial charge in [-0.05, 0) is 11.7 Å². The molecule has 0 aliphatic carbocycles. The summed E-state index contributed by atoms with van der Waals surface area (Å²) in [4.78, 5) is 0. The molecular weight excluding hydrogens is 286 g/mol. The van der Waals surface area contributed by atoms with Gasteiger partial charge in [-0.25, -0.2) is 5.26 Å². The van der Waals surface area contributed by atoms with E-state index in [0.29, 0.717) is 0 Å². The van der Waals surface area contributed by atoms with E-state index in [1.807, 2.05) is 0 Å². The monoisotopic (exact) mass is 292 g/mol. The fourth-order valence-electron chi connectivity index (χ4n) is 0. The molecule has 0 aliphatic rings. The Morgan fingerprint density at radius 2 is 1.15 bits per heavy atom. The quantitative estimate of drug-likeness (QED) is 0.106. The van der Waals surface area contributed by atoms with Crippen LogP contribution in [0.25, 0.3) is 0 Å². The van der Waals surface area contributed by atoms with Gasteiger partial charge in [0.1, 0.15) is 0 Å². The first-order chi connectivity index (χ1) is 4.56. The standard InChI is InChI=1S/K.Na.H2O5S.H2O3S2.2H/c;;1-5-6(2,3)4;1-5(2,3)4;;/h;;1H,(H,2,3,4);(H2,1,2,3,4);;. The molecule has 0 aromatic rings. The molecular formula is H6KNaO8S3. The first-order valence-corrected chi connectivity index (χ1v) is 5.42. The molecule has 0 saturated heterocycles. The van der Waals surface area contributed by atoms with E-state index in [9.17, 15) is 0 Å². The molecule has 0 rings (SSSR count). The first kappa shape index (κ1) is 24.8. The van der Waals surface area contributed by atoms with E-state index in [1.54, 1.807) is 0 Å². The summed E-state index contributed by atoms with van der Waals surface area (Å²) in [6, 6.07) is 0. The fourth-order valence-corrected chi connectivity index (χ4v) is 0. The SMILES string of the molecule is O=S(=O)(O)OO.O=S(=O)(O)S.[KH].[NaH]. The zero-order valence-electron chi connectivity index (χ0n) is 4.65. The molecule has 0 fully saturated rings. The molecule has 13 heteroatoms. The predicted molar refractivity (Wildman–Crippen MR) is 50.1 cm³/mol. The van der Waals surface area contributed by atoms with Crippen LogP contribution >= 0.6 is 11.7 Å². The van der Waals surface area contributed by atoms with E-state index in [1.165, 1.54) is 0 Å². The molecule has 0 saturated carbocycles. The normalized spacial score (nSPS) is 9.85. The average molecular weight is 292 g/mol. The fraction of sp³-hybridized carbons (Fsp3) is 0. The summed E-state index contributed by atoms with van der Waals surface area (Å²) in [6.07, 6.45) is 0. The molecule has 8 nitrogen and oxygen atoms in total. The molecule has 0 aromatic heterocycles. The molecule has 0 spiro atoms. The molecule has 3 N–H and O–H groups in total. The van der Waals surface area contributed by atoms with Crippen LogP contribution in [-0.4, -0.2) is 112 Å². The summed E-state index contributed by atoms with van der Waals surface area (Å²) >= 11 is 2.65.